The first kappa shape index (κ1) is 21.7. The van der Waals surface area contributed by atoms with Crippen molar-refractivity contribution in [2.24, 2.45) is 0 Å². The summed E-state index contributed by atoms with van der Waals surface area (Å²) in [6.07, 6.45) is 3.98. The molecule has 2 aliphatic heterocycles. The third kappa shape index (κ3) is 4.66. The third-order valence-electron chi connectivity index (χ3n) is 6.67. The van der Waals surface area contributed by atoms with Crippen LogP contribution in [-0.4, -0.2) is 64.0 Å². The Morgan fingerprint density at radius 3 is 2.82 bits per heavy atom. The van der Waals surface area contributed by atoms with Gasteiger partial charge in [0.15, 0.2) is 11.5 Å². The van der Waals surface area contributed by atoms with Crippen LogP contribution in [-0.2, 0) is 11.2 Å². The van der Waals surface area contributed by atoms with E-state index in [4.69, 9.17) is 14.5 Å². The molecular weight excluding hydrogens is 418 g/mol. The van der Waals surface area contributed by atoms with Crippen molar-refractivity contribution in [3.63, 3.8) is 0 Å². The van der Waals surface area contributed by atoms with Gasteiger partial charge in [0.25, 0.3) is 0 Å². The Hall–Kier alpha value is -3.13. The Morgan fingerprint density at radius 1 is 1.24 bits per heavy atom. The maximum atomic E-state index is 12.4. The standard InChI is InChI=1S/C25H31N5O3/c1-18-14-21(32-16-19(2)20-6-4-3-5-7-20)15-30-23(18)27-22(28-30)8-13-29-17-25(33-24(29)31)9-11-26-12-10-25/h3-7,14-15,19,26H,8-13,16-17H2,1-2H3/t19-/m0/s1. The number of carbonyl (C=O) groups is 1. The first-order chi connectivity index (χ1) is 16.0. The molecule has 0 radical (unpaired) electrons. The molecule has 2 aromatic heterocycles. The minimum atomic E-state index is -0.325. The van der Waals surface area contributed by atoms with E-state index in [2.05, 4.69) is 29.5 Å². The normalized spacial score (nSPS) is 18.6. The molecule has 1 atom stereocenters. The summed E-state index contributed by atoms with van der Waals surface area (Å²) >= 11 is 0. The minimum Gasteiger partial charge on any atom is -0.491 e. The lowest BCUT2D eigenvalue weighted by Gasteiger charge is -2.31. The number of carbonyl (C=O) groups excluding carboxylic acids is 1. The molecule has 1 aromatic carbocycles. The summed E-state index contributed by atoms with van der Waals surface area (Å²) in [5, 5.41) is 7.97. The van der Waals surface area contributed by atoms with E-state index in [9.17, 15) is 4.79 Å². The van der Waals surface area contributed by atoms with Crippen LogP contribution < -0.4 is 10.1 Å². The van der Waals surface area contributed by atoms with Crippen molar-refractivity contribution in [3.05, 3.63) is 59.5 Å². The summed E-state index contributed by atoms with van der Waals surface area (Å²) in [6.45, 7) is 7.75. The highest BCUT2D eigenvalue weighted by atomic mass is 16.6. The predicted molar refractivity (Wildman–Crippen MR) is 125 cm³/mol. The largest absolute Gasteiger partial charge is 0.491 e. The first-order valence-electron chi connectivity index (χ1n) is 11.7. The van der Waals surface area contributed by atoms with Crippen molar-refractivity contribution in [2.75, 3.05) is 32.8 Å². The summed E-state index contributed by atoms with van der Waals surface area (Å²) < 4.78 is 13.6. The number of nitrogens with zero attached hydrogens (tertiary/aromatic N) is 4. The number of benzene rings is 1. The van der Waals surface area contributed by atoms with E-state index in [1.54, 1.807) is 9.42 Å². The molecule has 0 aliphatic carbocycles. The van der Waals surface area contributed by atoms with Gasteiger partial charge in [0.2, 0.25) is 0 Å². The number of ether oxygens (including phenoxy) is 2. The third-order valence-corrected chi connectivity index (χ3v) is 6.67. The molecule has 1 spiro atoms. The van der Waals surface area contributed by atoms with E-state index in [1.807, 2.05) is 37.4 Å². The van der Waals surface area contributed by atoms with Crippen molar-refractivity contribution in [3.8, 4) is 5.75 Å². The summed E-state index contributed by atoms with van der Waals surface area (Å²) in [6, 6.07) is 12.4. The number of fused-ring (bicyclic) bond motifs is 1. The van der Waals surface area contributed by atoms with Crippen LogP contribution in [0, 0.1) is 6.92 Å². The van der Waals surface area contributed by atoms with Gasteiger partial charge < -0.3 is 19.7 Å². The molecule has 2 fully saturated rings. The van der Waals surface area contributed by atoms with Crippen LogP contribution in [0.15, 0.2) is 42.6 Å². The van der Waals surface area contributed by atoms with Crippen molar-refractivity contribution in [1.82, 2.24) is 24.8 Å². The monoisotopic (exact) mass is 449 g/mol. The molecule has 1 N–H and O–H groups in total. The SMILES string of the molecule is Cc1cc(OC[C@H](C)c2ccccc2)cn2nc(CCN3CC4(CCNCC4)OC3=O)nc12. The highest BCUT2D eigenvalue weighted by Crippen LogP contribution is 2.31. The van der Waals surface area contributed by atoms with Crippen LogP contribution in [0.1, 0.15) is 42.6 Å². The van der Waals surface area contributed by atoms with Gasteiger partial charge in [-0.05, 0) is 37.2 Å². The molecule has 8 nitrogen and oxygen atoms in total. The molecule has 2 saturated heterocycles. The number of piperidine rings is 1. The molecule has 4 heterocycles. The molecule has 5 rings (SSSR count). The lowest BCUT2D eigenvalue weighted by atomic mass is 9.92. The molecular formula is C25H31N5O3. The van der Waals surface area contributed by atoms with Crippen LogP contribution in [0.3, 0.4) is 0 Å². The van der Waals surface area contributed by atoms with E-state index in [0.717, 1.165) is 42.9 Å². The van der Waals surface area contributed by atoms with Crippen LogP contribution in [0.25, 0.3) is 5.65 Å². The summed E-state index contributed by atoms with van der Waals surface area (Å²) in [4.78, 5) is 18.9. The van der Waals surface area contributed by atoms with E-state index >= 15 is 0 Å². The zero-order valence-electron chi connectivity index (χ0n) is 19.3. The Morgan fingerprint density at radius 2 is 2.03 bits per heavy atom. The zero-order valence-corrected chi connectivity index (χ0v) is 19.3. The lowest BCUT2D eigenvalue weighted by molar-refractivity contribution is 0.0316. The van der Waals surface area contributed by atoms with Crippen LogP contribution >= 0.6 is 0 Å². The van der Waals surface area contributed by atoms with Crippen molar-refractivity contribution >= 4 is 11.7 Å². The van der Waals surface area contributed by atoms with Gasteiger partial charge in [-0.15, -0.1) is 0 Å². The zero-order chi connectivity index (χ0) is 22.8. The van der Waals surface area contributed by atoms with E-state index in [-0.39, 0.29) is 17.6 Å². The summed E-state index contributed by atoms with van der Waals surface area (Å²) in [5.74, 6) is 1.78. The topological polar surface area (TPSA) is 81.0 Å². The molecule has 2 aliphatic rings. The Bertz CT molecular complexity index is 1120. The summed E-state index contributed by atoms with van der Waals surface area (Å²) in [5.41, 5.74) is 2.75. The van der Waals surface area contributed by atoms with E-state index in [1.165, 1.54) is 5.56 Å². The molecule has 3 aromatic rings. The quantitative estimate of drug-likeness (QED) is 0.596. The molecule has 0 unspecified atom stereocenters. The second-order valence-corrected chi connectivity index (χ2v) is 9.25. The average molecular weight is 450 g/mol. The van der Waals surface area contributed by atoms with Crippen molar-refractivity contribution < 1.29 is 14.3 Å². The molecule has 33 heavy (non-hydrogen) atoms. The maximum Gasteiger partial charge on any atom is 0.410 e. The van der Waals surface area contributed by atoms with Gasteiger partial charge >= 0.3 is 6.09 Å². The van der Waals surface area contributed by atoms with E-state index in [0.29, 0.717) is 31.9 Å². The first-order valence-corrected chi connectivity index (χ1v) is 11.7. The van der Waals surface area contributed by atoms with Crippen LogP contribution in [0.5, 0.6) is 5.75 Å². The second-order valence-electron chi connectivity index (χ2n) is 9.25. The number of hydrogen-bond acceptors (Lipinski definition) is 6. The number of rotatable bonds is 7. The number of aromatic nitrogens is 3. The van der Waals surface area contributed by atoms with Gasteiger partial charge in [-0.2, -0.15) is 5.10 Å². The maximum absolute atomic E-state index is 12.4. The van der Waals surface area contributed by atoms with Crippen LogP contribution in [0.2, 0.25) is 0 Å². The molecule has 1 amide bonds. The number of amides is 1. The lowest BCUT2D eigenvalue weighted by Crippen LogP contribution is -2.45. The number of hydrogen-bond donors (Lipinski definition) is 1. The molecule has 0 saturated carbocycles. The van der Waals surface area contributed by atoms with Crippen LogP contribution in [0.4, 0.5) is 4.79 Å². The number of aryl methyl sites for hydroxylation is 1. The van der Waals surface area contributed by atoms with Crippen molar-refractivity contribution in [1.29, 1.82) is 0 Å². The number of nitrogens with one attached hydrogen (secondary N) is 1. The molecule has 0 bridgehead atoms. The van der Waals surface area contributed by atoms with Gasteiger partial charge in [-0.1, -0.05) is 37.3 Å². The Kier molecular flexibility index (Phi) is 5.93. The molecule has 174 valence electrons. The highest BCUT2D eigenvalue weighted by molar-refractivity contribution is 5.70. The van der Waals surface area contributed by atoms with Gasteiger partial charge in [-0.3, -0.25) is 0 Å². The minimum absolute atomic E-state index is 0.222. The van der Waals surface area contributed by atoms with Gasteiger partial charge in [0.1, 0.15) is 11.4 Å². The Labute approximate surface area is 193 Å². The fourth-order valence-electron chi connectivity index (χ4n) is 4.69. The van der Waals surface area contributed by atoms with Gasteiger partial charge in [0.05, 0.1) is 19.3 Å². The average Bonchev–Trinajstić information content (AvgIpc) is 3.37. The summed E-state index contributed by atoms with van der Waals surface area (Å²) in [7, 11) is 0. The number of pyridine rings is 1. The van der Waals surface area contributed by atoms with Gasteiger partial charge in [0, 0.05) is 31.7 Å². The smallest absolute Gasteiger partial charge is 0.410 e. The predicted octanol–water partition coefficient (Wildman–Crippen LogP) is 3.34. The van der Waals surface area contributed by atoms with Gasteiger partial charge in [-0.25, -0.2) is 14.3 Å². The Balaban J connectivity index is 1.22. The second kappa shape index (κ2) is 9.02. The fourth-order valence-corrected chi connectivity index (χ4v) is 4.69. The highest BCUT2D eigenvalue weighted by Gasteiger charge is 2.45. The molecule has 8 heteroatoms. The fraction of sp³-hybridized carbons (Fsp3) is 0.480. The van der Waals surface area contributed by atoms with Crippen molar-refractivity contribution in [2.45, 2.75) is 44.6 Å². The van der Waals surface area contributed by atoms with E-state index < -0.39 is 0 Å².